The predicted molar refractivity (Wildman–Crippen MR) is 53.6 cm³/mol. The number of hydrogen-bond donors (Lipinski definition) is 1. The summed E-state index contributed by atoms with van der Waals surface area (Å²) in [5.74, 6) is 0.834. The van der Waals surface area contributed by atoms with E-state index in [1.165, 1.54) is 25.7 Å². The van der Waals surface area contributed by atoms with Crippen molar-refractivity contribution in [3.63, 3.8) is 0 Å². The highest BCUT2D eigenvalue weighted by atomic mass is 16.5. The van der Waals surface area contributed by atoms with Crippen LogP contribution < -0.4 is 5.73 Å². The Morgan fingerprint density at radius 2 is 1.93 bits per heavy atom. The quantitative estimate of drug-likeness (QED) is 0.694. The van der Waals surface area contributed by atoms with Crippen molar-refractivity contribution in [2.75, 3.05) is 6.61 Å². The van der Waals surface area contributed by atoms with Crippen LogP contribution in [0.3, 0.4) is 0 Å². The molecule has 1 atom stereocenters. The molecule has 0 aromatic heterocycles. The number of hydrogen-bond acceptors (Lipinski definition) is 3. The molecule has 0 bridgehead atoms. The average Bonchev–Trinajstić information content (AvgIpc) is 2.86. The minimum Gasteiger partial charge on any atom is -0.464 e. The number of esters is 1. The summed E-state index contributed by atoms with van der Waals surface area (Å²) in [6.45, 7) is 0.596. The van der Waals surface area contributed by atoms with Crippen molar-refractivity contribution < 1.29 is 9.53 Å². The van der Waals surface area contributed by atoms with E-state index in [2.05, 4.69) is 0 Å². The molecule has 0 aromatic carbocycles. The molecule has 2 saturated carbocycles. The molecule has 3 heteroatoms. The van der Waals surface area contributed by atoms with Gasteiger partial charge in [-0.15, -0.1) is 0 Å². The lowest BCUT2D eigenvalue weighted by Gasteiger charge is -2.17. The third-order valence-electron chi connectivity index (χ3n) is 3.34. The van der Waals surface area contributed by atoms with E-state index >= 15 is 0 Å². The van der Waals surface area contributed by atoms with Gasteiger partial charge in [-0.05, 0) is 37.5 Å². The Kier molecular flexibility index (Phi) is 3.06. The van der Waals surface area contributed by atoms with Gasteiger partial charge in [-0.2, -0.15) is 0 Å². The molecule has 2 aliphatic rings. The molecule has 2 fully saturated rings. The summed E-state index contributed by atoms with van der Waals surface area (Å²) in [5.41, 5.74) is 5.85. The van der Waals surface area contributed by atoms with E-state index in [4.69, 9.17) is 10.5 Å². The zero-order chi connectivity index (χ0) is 9.97. The fourth-order valence-corrected chi connectivity index (χ4v) is 2.09. The van der Waals surface area contributed by atoms with Gasteiger partial charge in [0.15, 0.2) is 0 Å². The molecular formula is C11H19NO2. The van der Waals surface area contributed by atoms with Gasteiger partial charge in [0.25, 0.3) is 0 Å². The predicted octanol–water partition coefficient (Wildman–Crippen LogP) is 1.46. The summed E-state index contributed by atoms with van der Waals surface area (Å²) < 4.78 is 5.18. The van der Waals surface area contributed by atoms with E-state index in [0.717, 1.165) is 12.8 Å². The average molecular weight is 197 g/mol. The topological polar surface area (TPSA) is 52.3 Å². The first kappa shape index (κ1) is 9.97. The fourth-order valence-electron chi connectivity index (χ4n) is 2.09. The Morgan fingerprint density at radius 3 is 2.50 bits per heavy atom. The van der Waals surface area contributed by atoms with Gasteiger partial charge in [-0.1, -0.05) is 12.8 Å². The summed E-state index contributed by atoms with van der Waals surface area (Å²) in [6.07, 6.45) is 7.06. The van der Waals surface area contributed by atoms with Crippen LogP contribution in [-0.2, 0) is 9.53 Å². The van der Waals surface area contributed by atoms with Crippen LogP contribution in [-0.4, -0.2) is 18.6 Å². The molecule has 0 amide bonds. The monoisotopic (exact) mass is 197 g/mol. The number of carbonyl (C=O) groups is 1. The van der Waals surface area contributed by atoms with E-state index in [9.17, 15) is 4.79 Å². The Hall–Kier alpha value is -0.570. The highest BCUT2D eigenvalue weighted by molar-refractivity contribution is 5.75. The van der Waals surface area contributed by atoms with Crippen molar-refractivity contribution in [2.24, 2.45) is 17.6 Å². The second-order valence-corrected chi connectivity index (χ2v) is 4.64. The molecule has 0 aliphatic heterocycles. The molecule has 0 aromatic rings. The molecule has 0 spiro atoms. The van der Waals surface area contributed by atoms with Gasteiger partial charge < -0.3 is 10.5 Å². The lowest BCUT2D eigenvalue weighted by molar-refractivity contribution is -0.147. The van der Waals surface area contributed by atoms with Crippen LogP contribution in [0.2, 0.25) is 0 Å². The molecule has 3 nitrogen and oxygen atoms in total. The molecule has 14 heavy (non-hydrogen) atoms. The minimum atomic E-state index is -0.365. The first-order valence-corrected chi connectivity index (χ1v) is 5.69. The number of nitrogens with two attached hydrogens (primary N) is 1. The number of rotatable bonds is 4. The highest BCUT2D eigenvalue weighted by Gasteiger charge is 2.30. The number of ether oxygens (including phenoxy) is 1. The maximum absolute atomic E-state index is 11.5. The molecular weight excluding hydrogens is 178 g/mol. The number of carbonyl (C=O) groups excluding carboxylic acids is 1. The van der Waals surface area contributed by atoms with Gasteiger partial charge in [-0.25, -0.2) is 0 Å². The summed E-state index contributed by atoms with van der Waals surface area (Å²) in [6, 6.07) is -0.365. The first-order valence-electron chi connectivity index (χ1n) is 5.69. The van der Waals surface area contributed by atoms with Gasteiger partial charge in [0.1, 0.15) is 6.04 Å². The van der Waals surface area contributed by atoms with Crippen molar-refractivity contribution in [1.82, 2.24) is 0 Å². The molecule has 0 radical (unpaired) electrons. The van der Waals surface area contributed by atoms with Crippen LogP contribution in [0, 0.1) is 11.8 Å². The van der Waals surface area contributed by atoms with Crippen LogP contribution in [0.4, 0.5) is 0 Å². The lowest BCUT2D eigenvalue weighted by atomic mass is 9.99. The van der Waals surface area contributed by atoms with Crippen LogP contribution in [0.15, 0.2) is 0 Å². The molecule has 2 aliphatic carbocycles. The zero-order valence-corrected chi connectivity index (χ0v) is 8.58. The SMILES string of the molecule is NC(C(=O)OCC1CC1)C1CCCC1. The standard InChI is InChI=1S/C11H19NO2/c12-10(9-3-1-2-4-9)11(13)14-7-8-5-6-8/h8-10H,1-7,12H2. The van der Waals surface area contributed by atoms with Gasteiger partial charge in [0, 0.05) is 0 Å². The summed E-state index contributed by atoms with van der Waals surface area (Å²) in [7, 11) is 0. The van der Waals surface area contributed by atoms with Crippen LogP contribution >= 0.6 is 0 Å². The second kappa shape index (κ2) is 4.30. The smallest absolute Gasteiger partial charge is 0.323 e. The van der Waals surface area contributed by atoms with E-state index in [0.29, 0.717) is 18.4 Å². The molecule has 0 saturated heterocycles. The Bertz CT molecular complexity index is 207. The maximum Gasteiger partial charge on any atom is 0.323 e. The molecule has 80 valence electrons. The summed E-state index contributed by atoms with van der Waals surface area (Å²) in [4.78, 5) is 11.5. The zero-order valence-electron chi connectivity index (χ0n) is 8.58. The van der Waals surface area contributed by atoms with Gasteiger partial charge >= 0.3 is 5.97 Å². The maximum atomic E-state index is 11.5. The summed E-state index contributed by atoms with van der Waals surface area (Å²) in [5, 5.41) is 0. The van der Waals surface area contributed by atoms with Crippen molar-refractivity contribution in [3.8, 4) is 0 Å². The lowest BCUT2D eigenvalue weighted by Crippen LogP contribution is -2.38. The van der Waals surface area contributed by atoms with Crippen LogP contribution in [0.5, 0.6) is 0 Å². The van der Waals surface area contributed by atoms with Crippen molar-refractivity contribution >= 4 is 5.97 Å². The van der Waals surface area contributed by atoms with Gasteiger partial charge in [0.05, 0.1) is 6.61 Å². The molecule has 1 unspecified atom stereocenters. The van der Waals surface area contributed by atoms with Crippen molar-refractivity contribution in [3.05, 3.63) is 0 Å². The van der Waals surface area contributed by atoms with E-state index in [-0.39, 0.29) is 12.0 Å². The molecule has 2 rings (SSSR count). The second-order valence-electron chi connectivity index (χ2n) is 4.64. The largest absolute Gasteiger partial charge is 0.464 e. The van der Waals surface area contributed by atoms with Crippen molar-refractivity contribution in [1.29, 1.82) is 0 Å². The van der Waals surface area contributed by atoms with E-state index in [1.54, 1.807) is 0 Å². The van der Waals surface area contributed by atoms with Gasteiger partial charge in [-0.3, -0.25) is 4.79 Å². The van der Waals surface area contributed by atoms with E-state index < -0.39 is 0 Å². The fraction of sp³-hybridized carbons (Fsp3) is 0.909. The third kappa shape index (κ3) is 2.47. The highest BCUT2D eigenvalue weighted by Crippen LogP contribution is 2.30. The summed E-state index contributed by atoms with van der Waals surface area (Å²) >= 11 is 0. The van der Waals surface area contributed by atoms with Crippen LogP contribution in [0.1, 0.15) is 38.5 Å². The molecule has 0 heterocycles. The van der Waals surface area contributed by atoms with E-state index in [1.807, 2.05) is 0 Å². The minimum absolute atomic E-state index is 0.177. The van der Waals surface area contributed by atoms with Gasteiger partial charge in [0.2, 0.25) is 0 Å². The Labute approximate surface area is 85.0 Å². The van der Waals surface area contributed by atoms with Crippen LogP contribution in [0.25, 0.3) is 0 Å². The molecule has 2 N–H and O–H groups in total. The third-order valence-corrected chi connectivity index (χ3v) is 3.34. The Morgan fingerprint density at radius 1 is 1.29 bits per heavy atom. The first-order chi connectivity index (χ1) is 6.77. The van der Waals surface area contributed by atoms with Crippen molar-refractivity contribution in [2.45, 2.75) is 44.6 Å². The normalized spacial score (nSPS) is 24.9. The Balaban J connectivity index is 1.71.